The van der Waals surface area contributed by atoms with Gasteiger partial charge in [-0.15, -0.1) is 0 Å². The van der Waals surface area contributed by atoms with E-state index in [1.165, 1.54) is 12.4 Å². The summed E-state index contributed by atoms with van der Waals surface area (Å²) in [6, 6.07) is 5.63. The van der Waals surface area contributed by atoms with Crippen LogP contribution in [0.3, 0.4) is 0 Å². The minimum Gasteiger partial charge on any atom is -0.493 e. The first-order chi connectivity index (χ1) is 16.5. The Morgan fingerprint density at radius 1 is 1.12 bits per heavy atom. The maximum atomic E-state index is 9.93. The van der Waals surface area contributed by atoms with E-state index in [1.54, 1.807) is 13.3 Å². The zero-order valence-electron chi connectivity index (χ0n) is 18.7. The van der Waals surface area contributed by atoms with Crippen molar-refractivity contribution in [1.82, 2.24) is 20.2 Å². The number of hydrogen-bond acceptors (Lipinski definition) is 7. The van der Waals surface area contributed by atoms with Gasteiger partial charge in [-0.05, 0) is 25.5 Å². The lowest BCUT2D eigenvalue weighted by Gasteiger charge is -2.33. The van der Waals surface area contributed by atoms with Crippen LogP contribution in [0.1, 0.15) is 30.6 Å². The molecule has 0 aliphatic carbocycles. The summed E-state index contributed by atoms with van der Waals surface area (Å²) >= 11 is 12.6. The van der Waals surface area contributed by atoms with Crippen LogP contribution in [-0.2, 0) is 6.61 Å². The van der Waals surface area contributed by atoms with Crippen molar-refractivity contribution in [3.63, 3.8) is 0 Å². The van der Waals surface area contributed by atoms with Gasteiger partial charge in [-0.2, -0.15) is 5.10 Å². The lowest BCUT2D eigenvalue weighted by atomic mass is 10.1. The molecule has 8 nitrogen and oxygen atoms in total. The first kappa shape index (κ1) is 22.7. The number of nitrogens with zero attached hydrogens (tertiary/aromatic N) is 4. The summed E-state index contributed by atoms with van der Waals surface area (Å²) in [5, 5.41) is 19.2. The van der Waals surface area contributed by atoms with E-state index in [2.05, 4.69) is 25.1 Å². The molecule has 0 amide bonds. The van der Waals surface area contributed by atoms with Gasteiger partial charge in [0.1, 0.15) is 17.6 Å². The highest BCUT2D eigenvalue weighted by Crippen LogP contribution is 2.40. The monoisotopic (exact) mass is 499 g/mol. The maximum Gasteiger partial charge on any atom is 0.162 e. The van der Waals surface area contributed by atoms with Crippen LogP contribution < -0.4 is 14.4 Å². The number of benzene rings is 1. The van der Waals surface area contributed by atoms with Crippen LogP contribution in [0.4, 0.5) is 5.82 Å². The Balaban J connectivity index is 1.54. The molecule has 10 heteroatoms. The maximum absolute atomic E-state index is 9.93. The first-order valence-electron chi connectivity index (χ1n) is 10.9. The minimum atomic E-state index is -0.455. The van der Waals surface area contributed by atoms with E-state index < -0.39 is 6.10 Å². The summed E-state index contributed by atoms with van der Waals surface area (Å²) in [5.41, 5.74) is 3.70. The zero-order chi connectivity index (χ0) is 23.8. The molecule has 4 heterocycles. The average Bonchev–Trinajstić information content (AvgIpc) is 3.20. The zero-order valence-corrected chi connectivity index (χ0v) is 20.2. The van der Waals surface area contributed by atoms with Gasteiger partial charge >= 0.3 is 0 Å². The Morgan fingerprint density at radius 2 is 1.88 bits per heavy atom. The fraction of sp³-hybridized carbons (Fsp3) is 0.292. The number of nitrogens with one attached hydrogen (secondary N) is 1. The van der Waals surface area contributed by atoms with Gasteiger partial charge in [0.2, 0.25) is 0 Å². The van der Waals surface area contributed by atoms with E-state index in [9.17, 15) is 5.11 Å². The van der Waals surface area contributed by atoms with Crippen molar-refractivity contribution in [3.8, 4) is 22.8 Å². The second kappa shape index (κ2) is 9.29. The number of aromatic amines is 1. The number of aliphatic hydroxyl groups excluding tert-OH is 1. The number of methoxy groups -OCH3 is 1. The molecule has 3 aromatic heterocycles. The number of aliphatic hydroxyl groups is 1. The number of H-pyrrole nitrogens is 1. The molecule has 1 aromatic carbocycles. The van der Waals surface area contributed by atoms with Crippen molar-refractivity contribution in [2.75, 3.05) is 25.1 Å². The third kappa shape index (κ3) is 4.02. The summed E-state index contributed by atoms with van der Waals surface area (Å²) in [4.78, 5) is 10.8. The Hall–Kier alpha value is -3.07. The number of rotatable bonds is 7. The molecule has 2 N–H and O–H groups in total. The number of pyridine rings is 2. The van der Waals surface area contributed by atoms with Crippen molar-refractivity contribution >= 4 is 39.9 Å². The Kier molecular flexibility index (Phi) is 6.20. The molecule has 5 rings (SSSR count). The number of fused-ring (bicyclic) bond motifs is 1. The number of aromatic nitrogens is 4. The summed E-state index contributed by atoms with van der Waals surface area (Å²) in [6.07, 6.45) is 5.53. The van der Waals surface area contributed by atoms with Gasteiger partial charge < -0.3 is 19.5 Å². The second-order valence-corrected chi connectivity index (χ2v) is 8.92. The lowest BCUT2D eigenvalue weighted by Crippen LogP contribution is -2.38. The molecule has 0 bridgehead atoms. The molecule has 1 saturated heterocycles. The molecule has 0 unspecified atom stereocenters. The Bertz CT molecular complexity index is 1340. The van der Waals surface area contributed by atoms with E-state index in [4.69, 9.17) is 32.7 Å². The largest absolute Gasteiger partial charge is 0.493 e. The molecule has 34 heavy (non-hydrogen) atoms. The molecular formula is C24H23Cl2N5O3. The number of anilines is 1. The molecule has 0 spiro atoms. The van der Waals surface area contributed by atoms with Crippen LogP contribution in [0.5, 0.6) is 11.5 Å². The number of halogens is 2. The van der Waals surface area contributed by atoms with Crippen LogP contribution >= 0.6 is 23.2 Å². The normalized spacial score (nSPS) is 14.2. The fourth-order valence-electron chi connectivity index (χ4n) is 4.12. The van der Waals surface area contributed by atoms with E-state index in [-0.39, 0.29) is 6.61 Å². The second-order valence-electron chi connectivity index (χ2n) is 8.10. The van der Waals surface area contributed by atoms with Crippen LogP contribution in [-0.4, -0.2) is 45.5 Å². The molecular weight excluding hydrogens is 477 g/mol. The smallest absolute Gasteiger partial charge is 0.162 e. The molecule has 176 valence electrons. The number of hydrogen-bond donors (Lipinski definition) is 2. The standard InChI is InChI=1S/C24H23Cl2N5O3/c1-13(22-17(25)10-27-11-18(22)26)34-21-7-16-19(8-20(21)33-2)29-30-23(16)14-6-15(12-32)24(28-9-14)31-4-3-5-31/h6-11,13,32H,3-5,12H2,1-2H3,(H,29,30)/t13-/m1/s1. The van der Waals surface area contributed by atoms with Gasteiger partial charge in [0, 0.05) is 59.8 Å². The fourth-order valence-corrected chi connectivity index (χ4v) is 4.79. The van der Waals surface area contributed by atoms with Crippen molar-refractivity contribution in [2.24, 2.45) is 0 Å². The minimum absolute atomic E-state index is 0.0951. The summed E-state index contributed by atoms with van der Waals surface area (Å²) in [6.45, 7) is 3.67. The van der Waals surface area contributed by atoms with Crippen LogP contribution in [0, 0.1) is 0 Å². The Morgan fingerprint density at radius 3 is 2.53 bits per heavy atom. The molecule has 1 aliphatic rings. The van der Waals surface area contributed by atoms with Gasteiger partial charge in [-0.3, -0.25) is 10.1 Å². The highest BCUT2D eigenvalue weighted by atomic mass is 35.5. The molecule has 4 aromatic rings. The highest BCUT2D eigenvalue weighted by molar-refractivity contribution is 6.35. The van der Waals surface area contributed by atoms with Crippen molar-refractivity contribution < 1.29 is 14.6 Å². The predicted octanol–water partition coefficient (Wildman–Crippen LogP) is 5.18. The topological polar surface area (TPSA) is 96.4 Å². The molecule has 1 aliphatic heterocycles. The van der Waals surface area contributed by atoms with E-state index >= 15 is 0 Å². The van der Waals surface area contributed by atoms with E-state index in [0.717, 1.165) is 47.4 Å². The van der Waals surface area contributed by atoms with E-state index in [0.29, 0.717) is 32.8 Å². The van der Waals surface area contributed by atoms with Gasteiger partial charge in [-0.1, -0.05) is 23.2 Å². The van der Waals surface area contributed by atoms with Crippen LogP contribution in [0.2, 0.25) is 10.0 Å². The SMILES string of the molecule is COc1cc2[nH]nc(-c3cnc(N4CCC4)c(CO)c3)c2cc1O[C@H](C)c1c(Cl)cncc1Cl. The molecule has 0 saturated carbocycles. The molecule has 1 fully saturated rings. The Labute approximate surface area is 206 Å². The van der Waals surface area contributed by atoms with Gasteiger partial charge in [0.05, 0.1) is 29.3 Å². The third-order valence-corrected chi connectivity index (χ3v) is 6.59. The first-order valence-corrected chi connectivity index (χ1v) is 11.6. The van der Waals surface area contributed by atoms with Gasteiger partial charge in [-0.25, -0.2) is 4.98 Å². The van der Waals surface area contributed by atoms with E-state index in [1.807, 2.05) is 25.1 Å². The van der Waals surface area contributed by atoms with Gasteiger partial charge in [0.15, 0.2) is 11.5 Å². The molecule has 0 radical (unpaired) electrons. The number of ether oxygens (including phenoxy) is 2. The van der Waals surface area contributed by atoms with Gasteiger partial charge in [0.25, 0.3) is 0 Å². The average molecular weight is 500 g/mol. The quantitative estimate of drug-likeness (QED) is 0.361. The predicted molar refractivity (Wildman–Crippen MR) is 132 cm³/mol. The summed E-state index contributed by atoms with van der Waals surface area (Å²) in [5.74, 6) is 1.88. The summed E-state index contributed by atoms with van der Waals surface area (Å²) in [7, 11) is 1.58. The van der Waals surface area contributed by atoms with Crippen molar-refractivity contribution in [2.45, 2.75) is 26.1 Å². The summed E-state index contributed by atoms with van der Waals surface area (Å²) < 4.78 is 11.8. The van der Waals surface area contributed by atoms with Crippen molar-refractivity contribution in [3.05, 3.63) is 58.0 Å². The van der Waals surface area contributed by atoms with Crippen LogP contribution in [0.15, 0.2) is 36.8 Å². The lowest BCUT2D eigenvalue weighted by molar-refractivity contribution is 0.216. The van der Waals surface area contributed by atoms with Crippen LogP contribution in [0.25, 0.3) is 22.2 Å². The third-order valence-electron chi connectivity index (χ3n) is 5.99. The van der Waals surface area contributed by atoms with Crippen molar-refractivity contribution in [1.29, 1.82) is 0 Å². The molecule has 1 atom stereocenters. The highest BCUT2D eigenvalue weighted by Gasteiger charge is 2.22.